The van der Waals surface area contributed by atoms with Crippen LogP contribution >= 0.6 is 0 Å². The SMILES string of the molecule is FC(F)(F)Oc1cccc(-c2c[nH+]c3ccc(NCC4CCNCC4)nn23)c1. The lowest BCUT2D eigenvalue weighted by Crippen LogP contribution is -2.31. The summed E-state index contributed by atoms with van der Waals surface area (Å²) in [5.74, 6) is 1.06. The van der Waals surface area contributed by atoms with Crippen molar-refractivity contribution in [2.45, 2.75) is 19.2 Å². The van der Waals surface area contributed by atoms with Gasteiger partial charge in [-0.05, 0) is 50.0 Å². The molecule has 0 atom stereocenters. The molecule has 9 heteroatoms. The molecule has 6 nitrogen and oxygen atoms in total. The van der Waals surface area contributed by atoms with E-state index in [-0.39, 0.29) is 5.75 Å². The molecule has 0 spiro atoms. The van der Waals surface area contributed by atoms with Crippen LogP contribution in [0.25, 0.3) is 16.9 Å². The van der Waals surface area contributed by atoms with Gasteiger partial charge in [-0.2, -0.15) is 0 Å². The number of piperidine rings is 1. The summed E-state index contributed by atoms with van der Waals surface area (Å²) in [6.45, 7) is 2.91. The molecule has 28 heavy (non-hydrogen) atoms. The second-order valence-electron chi connectivity index (χ2n) is 6.84. The number of rotatable bonds is 5. The fraction of sp³-hybridized carbons (Fsp3) is 0.368. The molecule has 1 aliphatic heterocycles. The lowest BCUT2D eigenvalue weighted by atomic mass is 9.98. The van der Waals surface area contributed by atoms with E-state index in [1.165, 1.54) is 18.2 Å². The minimum absolute atomic E-state index is 0.264. The molecule has 0 bridgehead atoms. The Morgan fingerprint density at radius 2 is 2.04 bits per heavy atom. The van der Waals surface area contributed by atoms with Crippen molar-refractivity contribution in [3.8, 4) is 17.0 Å². The Morgan fingerprint density at radius 3 is 2.82 bits per heavy atom. The fourth-order valence-corrected chi connectivity index (χ4v) is 3.41. The average molecular weight is 392 g/mol. The van der Waals surface area contributed by atoms with E-state index >= 15 is 0 Å². The van der Waals surface area contributed by atoms with Gasteiger partial charge in [-0.15, -0.1) is 13.2 Å². The Hall–Kier alpha value is -2.81. The molecule has 0 unspecified atom stereocenters. The van der Waals surface area contributed by atoms with Gasteiger partial charge in [-0.1, -0.05) is 21.7 Å². The number of hydrogen-bond donors (Lipinski definition) is 2. The molecule has 2 aromatic heterocycles. The van der Waals surface area contributed by atoms with Crippen LogP contribution in [0.15, 0.2) is 42.6 Å². The summed E-state index contributed by atoms with van der Waals surface area (Å²) in [5, 5.41) is 11.3. The number of halogens is 3. The van der Waals surface area contributed by atoms with E-state index in [0.29, 0.717) is 17.2 Å². The van der Waals surface area contributed by atoms with Gasteiger partial charge in [0.05, 0.1) is 0 Å². The van der Waals surface area contributed by atoms with Crippen LogP contribution in [0.1, 0.15) is 12.8 Å². The van der Waals surface area contributed by atoms with Crippen molar-refractivity contribution in [1.82, 2.24) is 14.9 Å². The van der Waals surface area contributed by atoms with Crippen LogP contribution in [0.3, 0.4) is 0 Å². The van der Waals surface area contributed by atoms with Gasteiger partial charge in [0.25, 0.3) is 0 Å². The first kappa shape index (κ1) is 18.5. The highest BCUT2D eigenvalue weighted by atomic mass is 19.4. The van der Waals surface area contributed by atoms with Gasteiger partial charge in [0.1, 0.15) is 11.9 Å². The van der Waals surface area contributed by atoms with Gasteiger partial charge in [0, 0.05) is 18.2 Å². The van der Waals surface area contributed by atoms with Gasteiger partial charge in [-0.25, -0.2) is 4.98 Å². The standard InChI is InChI=1S/C19H20F3N5O/c20-19(21,22)28-15-3-1-2-14(10-15)16-12-25-18-5-4-17(26-27(16)18)24-11-13-6-8-23-9-7-13/h1-5,10,12-13,23H,6-9,11H2,(H,24,26)/p+1. The molecular formula is C19H21F3N5O+. The molecule has 1 fully saturated rings. The van der Waals surface area contributed by atoms with Crippen LogP contribution in [0.5, 0.6) is 5.75 Å². The normalized spacial score (nSPS) is 15.7. The lowest BCUT2D eigenvalue weighted by Gasteiger charge is -2.22. The summed E-state index contributed by atoms with van der Waals surface area (Å²) in [6, 6.07) is 9.64. The van der Waals surface area contributed by atoms with Crippen molar-refractivity contribution >= 4 is 11.5 Å². The molecule has 3 N–H and O–H groups in total. The third-order valence-electron chi connectivity index (χ3n) is 4.81. The third-order valence-corrected chi connectivity index (χ3v) is 4.81. The number of nitrogens with one attached hydrogen (secondary N) is 3. The topological polar surface area (TPSA) is 64.7 Å². The van der Waals surface area contributed by atoms with Crippen molar-refractivity contribution in [3.05, 3.63) is 42.6 Å². The second kappa shape index (κ2) is 7.67. The maximum absolute atomic E-state index is 12.5. The average Bonchev–Trinajstić information content (AvgIpc) is 3.09. The van der Waals surface area contributed by atoms with Crippen molar-refractivity contribution in [2.75, 3.05) is 25.0 Å². The molecule has 1 saturated heterocycles. The Bertz CT molecular complexity index is 950. The minimum Gasteiger partial charge on any atom is -0.406 e. The summed E-state index contributed by atoms with van der Waals surface area (Å²) in [4.78, 5) is 3.09. The number of aromatic nitrogens is 3. The number of aromatic amines is 1. The summed E-state index contributed by atoms with van der Waals surface area (Å²) in [7, 11) is 0. The van der Waals surface area contributed by atoms with E-state index in [4.69, 9.17) is 0 Å². The number of fused-ring (bicyclic) bond motifs is 1. The van der Waals surface area contributed by atoms with Crippen LogP contribution in [0.2, 0.25) is 0 Å². The third kappa shape index (κ3) is 4.36. The monoisotopic (exact) mass is 392 g/mol. The van der Waals surface area contributed by atoms with E-state index in [9.17, 15) is 13.2 Å². The number of hydrogen-bond acceptors (Lipinski definition) is 4. The first-order chi connectivity index (χ1) is 13.5. The number of anilines is 1. The molecule has 4 rings (SSSR count). The Kier molecular flexibility index (Phi) is 5.08. The molecule has 1 aliphatic rings. The van der Waals surface area contributed by atoms with E-state index in [0.717, 1.165) is 43.9 Å². The molecule has 148 valence electrons. The quantitative estimate of drug-likeness (QED) is 0.700. The van der Waals surface area contributed by atoms with Gasteiger partial charge in [0.2, 0.25) is 5.69 Å². The molecule has 3 aromatic rings. The zero-order valence-electron chi connectivity index (χ0n) is 15.1. The van der Waals surface area contributed by atoms with Crippen molar-refractivity contribution < 1.29 is 22.9 Å². The number of H-pyrrole nitrogens is 1. The maximum Gasteiger partial charge on any atom is 0.573 e. The van der Waals surface area contributed by atoms with Crippen molar-refractivity contribution in [3.63, 3.8) is 0 Å². The smallest absolute Gasteiger partial charge is 0.406 e. The molecule has 0 radical (unpaired) electrons. The highest BCUT2D eigenvalue weighted by Crippen LogP contribution is 2.28. The predicted molar refractivity (Wildman–Crippen MR) is 98.0 cm³/mol. The van der Waals surface area contributed by atoms with Crippen LogP contribution in [0, 0.1) is 5.92 Å². The highest BCUT2D eigenvalue weighted by molar-refractivity contribution is 5.63. The number of benzene rings is 1. The summed E-state index contributed by atoms with van der Waals surface area (Å²) in [5.41, 5.74) is 1.96. The Balaban J connectivity index is 1.57. The number of imidazole rings is 1. The molecular weight excluding hydrogens is 371 g/mol. The van der Waals surface area contributed by atoms with Crippen LogP contribution in [-0.4, -0.2) is 35.6 Å². The molecule has 0 amide bonds. The van der Waals surface area contributed by atoms with Gasteiger partial charge in [-0.3, -0.25) is 0 Å². The molecule has 3 heterocycles. The number of alkyl halides is 3. The lowest BCUT2D eigenvalue weighted by molar-refractivity contribution is -0.343. The van der Waals surface area contributed by atoms with Crippen LogP contribution < -0.4 is 20.4 Å². The van der Waals surface area contributed by atoms with Crippen molar-refractivity contribution in [1.29, 1.82) is 0 Å². The summed E-state index contributed by atoms with van der Waals surface area (Å²) >= 11 is 0. The van der Waals surface area contributed by atoms with Gasteiger partial charge >= 0.3 is 12.0 Å². The minimum atomic E-state index is -4.73. The van der Waals surface area contributed by atoms with Crippen LogP contribution in [-0.2, 0) is 0 Å². The number of nitrogens with zero attached hydrogens (tertiary/aromatic N) is 2. The Morgan fingerprint density at radius 1 is 1.21 bits per heavy atom. The van der Waals surface area contributed by atoms with E-state index < -0.39 is 6.36 Å². The zero-order chi connectivity index (χ0) is 19.6. The zero-order valence-corrected chi connectivity index (χ0v) is 15.1. The fourth-order valence-electron chi connectivity index (χ4n) is 3.41. The molecule has 0 aliphatic carbocycles. The van der Waals surface area contributed by atoms with Gasteiger partial charge < -0.3 is 15.4 Å². The van der Waals surface area contributed by atoms with E-state index in [1.54, 1.807) is 16.8 Å². The molecule has 0 saturated carbocycles. The summed E-state index contributed by atoms with van der Waals surface area (Å²) in [6.07, 6.45) is -0.755. The molecule has 1 aromatic carbocycles. The first-order valence-corrected chi connectivity index (χ1v) is 9.19. The highest BCUT2D eigenvalue weighted by Gasteiger charge is 2.31. The first-order valence-electron chi connectivity index (χ1n) is 9.19. The second-order valence-corrected chi connectivity index (χ2v) is 6.84. The maximum atomic E-state index is 12.5. The van der Waals surface area contributed by atoms with E-state index in [1.807, 2.05) is 12.1 Å². The van der Waals surface area contributed by atoms with Crippen molar-refractivity contribution in [2.24, 2.45) is 5.92 Å². The van der Waals surface area contributed by atoms with Gasteiger partial charge in [0.15, 0.2) is 5.82 Å². The largest absolute Gasteiger partial charge is 0.573 e. The summed E-state index contributed by atoms with van der Waals surface area (Å²) < 4.78 is 43.2. The van der Waals surface area contributed by atoms with E-state index in [2.05, 4.69) is 25.5 Å². The Labute approximate surface area is 159 Å². The number of ether oxygens (including phenoxy) is 1. The predicted octanol–water partition coefficient (Wildman–Crippen LogP) is 3.13. The van der Waals surface area contributed by atoms with Crippen LogP contribution in [0.4, 0.5) is 19.0 Å².